The molecule has 1 aliphatic rings. The topological polar surface area (TPSA) is 69.4 Å². The molecule has 6 heteroatoms. The second-order valence-corrected chi connectivity index (χ2v) is 5.22. The highest BCUT2D eigenvalue weighted by Gasteiger charge is 2.32. The highest BCUT2D eigenvalue weighted by atomic mass is 32.2. The van der Waals surface area contributed by atoms with Gasteiger partial charge in [-0.2, -0.15) is 0 Å². The molecule has 1 atom stereocenters. The first kappa shape index (κ1) is 13.6. The molecule has 100 valence electrons. The maximum absolute atomic E-state index is 11.5. The summed E-state index contributed by atoms with van der Waals surface area (Å²) in [6, 6.07) is 7.43. The van der Waals surface area contributed by atoms with Crippen LogP contribution in [0, 0.1) is 10.1 Å². The quantitative estimate of drug-likeness (QED) is 0.481. The Morgan fingerprint density at radius 1 is 1.47 bits per heavy atom. The van der Waals surface area contributed by atoms with Crippen LogP contribution in [0.25, 0.3) is 6.08 Å². The number of thioether (sulfide) groups is 1. The van der Waals surface area contributed by atoms with Crippen LogP contribution in [-0.2, 0) is 9.53 Å². The average molecular weight is 279 g/mol. The third-order valence-electron chi connectivity index (χ3n) is 2.69. The minimum Gasteiger partial charge on any atom is -0.466 e. The van der Waals surface area contributed by atoms with Crippen LogP contribution in [0.15, 0.2) is 34.9 Å². The first-order valence-electron chi connectivity index (χ1n) is 5.89. The van der Waals surface area contributed by atoms with E-state index in [-0.39, 0.29) is 18.7 Å². The van der Waals surface area contributed by atoms with Crippen molar-refractivity contribution in [3.8, 4) is 0 Å². The molecule has 0 N–H and O–H groups in total. The average Bonchev–Trinajstić information content (AvgIpc) is 2.38. The van der Waals surface area contributed by atoms with Crippen LogP contribution >= 0.6 is 11.8 Å². The first-order chi connectivity index (χ1) is 9.11. The number of benzene rings is 1. The van der Waals surface area contributed by atoms with Gasteiger partial charge in [0.1, 0.15) is 5.25 Å². The molecule has 0 radical (unpaired) electrons. The van der Waals surface area contributed by atoms with Gasteiger partial charge < -0.3 is 4.74 Å². The zero-order valence-electron chi connectivity index (χ0n) is 10.4. The number of rotatable bonds is 4. The third-order valence-corrected chi connectivity index (χ3v) is 4.01. The fourth-order valence-electron chi connectivity index (χ4n) is 1.86. The van der Waals surface area contributed by atoms with Crippen molar-refractivity contribution >= 4 is 23.8 Å². The molecule has 1 aliphatic heterocycles. The van der Waals surface area contributed by atoms with E-state index < -0.39 is 16.1 Å². The molecule has 2 rings (SSSR count). The molecular weight excluding hydrogens is 266 g/mol. The number of esters is 1. The molecule has 0 bridgehead atoms. The van der Waals surface area contributed by atoms with Crippen molar-refractivity contribution in [2.75, 3.05) is 6.61 Å². The number of nitro groups is 1. The van der Waals surface area contributed by atoms with Crippen molar-refractivity contribution in [3.63, 3.8) is 0 Å². The van der Waals surface area contributed by atoms with E-state index in [0.717, 1.165) is 10.5 Å². The van der Waals surface area contributed by atoms with Crippen molar-refractivity contribution in [1.29, 1.82) is 0 Å². The van der Waals surface area contributed by atoms with Crippen molar-refractivity contribution in [2.24, 2.45) is 0 Å². The van der Waals surface area contributed by atoms with E-state index in [4.69, 9.17) is 4.74 Å². The number of carbonyl (C=O) groups excluding carboxylic acids is 1. The van der Waals surface area contributed by atoms with Gasteiger partial charge in [-0.15, -0.1) is 11.8 Å². The largest absolute Gasteiger partial charge is 0.466 e. The Balaban J connectivity index is 2.25. The van der Waals surface area contributed by atoms with Gasteiger partial charge in [0.05, 0.1) is 18.0 Å². The van der Waals surface area contributed by atoms with E-state index in [2.05, 4.69) is 0 Å². The number of fused-ring (bicyclic) bond motifs is 1. The normalized spacial score (nSPS) is 17.3. The third kappa shape index (κ3) is 3.14. The van der Waals surface area contributed by atoms with Gasteiger partial charge in [-0.25, -0.2) is 0 Å². The zero-order chi connectivity index (χ0) is 13.8. The SMILES string of the molecule is CCOC(=O)CC1Sc2ccccc2C=C1[N+](=O)[O-]. The summed E-state index contributed by atoms with van der Waals surface area (Å²) >= 11 is 1.34. The van der Waals surface area contributed by atoms with Crippen molar-refractivity contribution in [3.05, 3.63) is 45.6 Å². The molecule has 1 unspecified atom stereocenters. The maximum Gasteiger partial charge on any atom is 0.307 e. The maximum atomic E-state index is 11.5. The highest BCUT2D eigenvalue weighted by molar-refractivity contribution is 8.00. The summed E-state index contributed by atoms with van der Waals surface area (Å²) in [5, 5.41) is 10.6. The Morgan fingerprint density at radius 2 is 2.21 bits per heavy atom. The molecule has 19 heavy (non-hydrogen) atoms. The van der Waals surface area contributed by atoms with Crippen LogP contribution in [0.5, 0.6) is 0 Å². The van der Waals surface area contributed by atoms with Crippen LogP contribution in [-0.4, -0.2) is 22.7 Å². The van der Waals surface area contributed by atoms with Crippen molar-refractivity contribution in [1.82, 2.24) is 0 Å². The fraction of sp³-hybridized carbons (Fsp3) is 0.308. The molecule has 0 aromatic heterocycles. The van der Waals surface area contributed by atoms with Crippen LogP contribution in [0.4, 0.5) is 0 Å². The van der Waals surface area contributed by atoms with Gasteiger partial charge in [0.15, 0.2) is 0 Å². The smallest absolute Gasteiger partial charge is 0.307 e. The van der Waals surface area contributed by atoms with Crippen LogP contribution < -0.4 is 0 Å². The molecule has 1 aromatic carbocycles. The van der Waals surface area contributed by atoms with Crippen LogP contribution in [0.2, 0.25) is 0 Å². The number of hydrogen-bond donors (Lipinski definition) is 0. The molecule has 0 fully saturated rings. The molecule has 5 nitrogen and oxygen atoms in total. The van der Waals surface area contributed by atoms with Crippen LogP contribution in [0.1, 0.15) is 18.9 Å². The molecule has 1 aromatic rings. The molecular formula is C13H13NO4S. The predicted molar refractivity (Wildman–Crippen MR) is 72.3 cm³/mol. The number of hydrogen-bond acceptors (Lipinski definition) is 5. The summed E-state index contributed by atoms with van der Waals surface area (Å²) in [5.41, 5.74) is 0.871. The summed E-state index contributed by atoms with van der Waals surface area (Å²) in [6.45, 7) is 2.00. The minimum absolute atomic E-state index is 0.0135. The van der Waals surface area contributed by atoms with Gasteiger partial charge in [0.2, 0.25) is 0 Å². The van der Waals surface area contributed by atoms with E-state index >= 15 is 0 Å². The Bertz CT molecular complexity index is 541. The van der Waals surface area contributed by atoms with Gasteiger partial charge >= 0.3 is 5.97 Å². The molecule has 1 heterocycles. The molecule has 0 saturated heterocycles. The molecule has 0 saturated carbocycles. The minimum atomic E-state index is -0.496. The predicted octanol–water partition coefficient (Wildman–Crippen LogP) is 2.73. The van der Waals surface area contributed by atoms with Gasteiger partial charge in [-0.05, 0) is 18.6 Å². The molecule has 0 amide bonds. The van der Waals surface area contributed by atoms with E-state index in [0.29, 0.717) is 0 Å². The number of ether oxygens (including phenoxy) is 1. The Morgan fingerprint density at radius 3 is 2.89 bits per heavy atom. The zero-order valence-corrected chi connectivity index (χ0v) is 11.2. The van der Waals surface area contributed by atoms with E-state index in [1.165, 1.54) is 17.8 Å². The lowest BCUT2D eigenvalue weighted by Crippen LogP contribution is -2.21. The second-order valence-electron chi connectivity index (χ2n) is 3.98. The van der Waals surface area contributed by atoms with Gasteiger partial charge in [-0.3, -0.25) is 14.9 Å². The fourth-order valence-corrected chi connectivity index (χ4v) is 3.08. The Kier molecular flexibility index (Phi) is 4.21. The lowest BCUT2D eigenvalue weighted by molar-refractivity contribution is -0.425. The van der Waals surface area contributed by atoms with Gasteiger partial charge in [0.25, 0.3) is 5.70 Å². The van der Waals surface area contributed by atoms with Crippen molar-refractivity contribution in [2.45, 2.75) is 23.5 Å². The standard InChI is InChI=1S/C13H13NO4S/c1-2-18-13(15)8-12-10(14(16)17)7-9-5-3-4-6-11(9)19-12/h3-7,12H,2,8H2,1H3. The lowest BCUT2D eigenvalue weighted by atomic mass is 10.1. The Hall–Kier alpha value is -1.82. The summed E-state index contributed by atoms with van der Waals surface area (Å²) in [5.74, 6) is -0.410. The monoisotopic (exact) mass is 279 g/mol. The van der Waals surface area contributed by atoms with Crippen molar-refractivity contribution < 1.29 is 14.5 Å². The molecule has 0 aliphatic carbocycles. The number of nitrogens with zero attached hydrogens (tertiary/aromatic N) is 1. The lowest BCUT2D eigenvalue weighted by Gasteiger charge is -2.19. The van der Waals surface area contributed by atoms with Gasteiger partial charge in [-0.1, -0.05) is 18.2 Å². The summed E-state index contributed by atoms with van der Waals surface area (Å²) in [4.78, 5) is 23.1. The molecule has 0 spiro atoms. The summed E-state index contributed by atoms with van der Waals surface area (Å²) in [7, 11) is 0. The van der Waals surface area contributed by atoms with Gasteiger partial charge in [0, 0.05) is 11.0 Å². The Labute approximate surface area is 114 Å². The van der Waals surface area contributed by atoms with Crippen LogP contribution in [0.3, 0.4) is 0 Å². The number of carbonyl (C=O) groups is 1. The summed E-state index contributed by atoms with van der Waals surface area (Å²) < 4.78 is 4.86. The highest BCUT2D eigenvalue weighted by Crippen LogP contribution is 2.39. The van der Waals surface area contributed by atoms with E-state index in [1.807, 2.05) is 24.3 Å². The first-order valence-corrected chi connectivity index (χ1v) is 6.77. The second kappa shape index (κ2) is 5.88. The summed E-state index contributed by atoms with van der Waals surface area (Å²) in [6.07, 6.45) is 1.55. The van der Waals surface area contributed by atoms with E-state index in [1.54, 1.807) is 6.92 Å². The van der Waals surface area contributed by atoms with E-state index in [9.17, 15) is 14.9 Å².